The topological polar surface area (TPSA) is 49.0 Å². The summed E-state index contributed by atoms with van der Waals surface area (Å²) in [5.41, 5.74) is 4.12. The monoisotopic (exact) mass is 405 g/mol. The summed E-state index contributed by atoms with van der Waals surface area (Å²) in [4.78, 5) is 16.7. The fourth-order valence-electron chi connectivity index (χ4n) is 3.59. The van der Waals surface area contributed by atoms with Crippen molar-refractivity contribution in [2.45, 2.75) is 38.4 Å². The van der Waals surface area contributed by atoms with Crippen molar-refractivity contribution < 1.29 is 17.9 Å². The van der Waals surface area contributed by atoms with Crippen LogP contribution in [0.4, 0.5) is 13.2 Å². The van der Waals surface area contributed by atoms with E-state index in [1.165, 1.54) is 0 Å². The normalized spacial score (nSPS) is 14.7. The van der Waals surface area contributed by atoms with Crippen molar-refractivity contribution >= 4 is 11.0 Å². The number of hydrogen-bond acceptors (Lipinski definition) is 3. The maximum atomic E-state index is 12.4. The lowest BCUT2D eigenvalue weighted by Crippen LogP contribution is -2.19. The first kappa shape index (κ1) is 19.7. The molecule has 0 saturated heterocycles. The van der Waals surface area contributed by atoms with Gasteiger partial charge in [-0.2, -0.15) is 13.2 Å². The minimum Gasteiger partial charge on any atom is -0.370 e. The largest absolute Gasteiger partial charge is 0.411 e. The highest BCUT2D eigenvalue weighted by molar-refractivity contribution is 5.83. The minimum atomic E-state index is -4.33. The summed E-state index contributed by atoms with van der Waals surface area (Å²) in [7, 11) is 1.71. The first-order valence-corrected chi connectivity index (χ1v) is 9.55. The Bertz CT molecular complexity index is 1080. The molecule has 0 amide bonds. The van der Waals surface area contributed by atoms with Crippen LogP contribution in [0, 0.1) is 6.92 Å². The Morgan fingerprint density at radius 1 is 1.21 bits per heavy atom. The summed E-state index contributed by atoms with van der Waals surface area (Å²) in [6, 6.07) is 7.70. The fourth-order valence-corrected chi connectivity index (χ4v) is 3.59. The number of fused-ring (bicyclic) bond motifs is 1. The molecule has 2 heterocycles. The van der Waals surface area contributed by atoms with Crippen molar-refractivity contribution in [2.24, 2.45) is 7.05 Å². The molecule has 0 unspecified atom stereocenters. The molecular weight excluding hydrogens is 383 g/mol. The molecule has 8 heteroatoms. The van der Waals surface area contributed by atoms with Gasteiger partial charge in [-0.25, -0.2) is 4.98 Å². The van der Waals surface area contributed by atoms with Gasteiger partial charge in [0.05, 0.1) is 17.6 Å². The van der Waals surface area contributed by atoms with Crippen molar-refractivity contribution in [3.63, 3.8) is 0 Å². The van der Waals surface area contributed by atoms with E-state index in [9.17, 15) is 18.0 Å². The molecule has 1 aliphatic rings. The SMILES string of the molecule is Cc1cc(-c2ccc3nc(C4CC4)n(CCOCC(F)(F)F)c3c2)cn(C)c1=O. The third kappa shape index (κ3) is 4.22. The van der Waals surface area contributed by atoms with Gasteiger partial charge in [-0.05, 0) is 49.1 Å². The molecule has 2 aromatic heterocycles. The zero-order chi connectivity index (χ0) is 20.8. The first-order valence-electron chi connectivity index (χ1n) is 9.55. The Hall–Kier alpha value is -2.61. The van der Waals surface area contributed by atoms with E-state index < -0.39 is 12.8 Å². The Morgan fingerprint density at radius 3 is 2.62 bits per heavy atom. The number of ether oxygens (including phenoxy) is 1. The van der Waals surface area contributed by atoms with E-state index in [0.29, 0.717) is 18.0 Å². The Kier molecular flexibility index (Phi) is 4.98. The van der Waals surface area contributed by atoms with Gasteiger partial charge in [-0.15, -0.1) is 0 Å². The van der Waals surface area contributed by atoms with Gasteiger partial charge in [0.2, 0.25) is 0 Å². The van der Waals surface area contributed by atoms with Crippen LogP contribution in [0.15, 0.2) is 35.3 Å². The summed E-state index contributed by atoms with van der Waals surface area (Å²) in [6.07, 6.45) is -0.463. The summed E-state index contributed by atoms with van der Waals surface area (Å²) in [6.45, 7) is 0.806. The van der Waals surface area contributed by atoms with Gasteiger partial charge < -0.3 is 13.9 Å². The predicted octanol–water partition coefficient (Wildman–Crippen LogP) is 4.17. The maximum absolute atomic E-state index is 12.4. The van der Waals surface area contributed by atoms with Gasteiger partial charge >= 0.3 is 6.18 Å². The molecule has 0 bridgehead atoms. The smallest absolute Gasteiger partial charge is 0.370 e. The van der Waals surface area contributed by atoms with E-state index in [1.807, 2.05) is 28.8 Å². The zero-order valence-corrected chi connectivity index (χ0v) is 16.3. The van der Waals surface area contributed by atoms with Gasteiger partial charge in [0, 0.05) is 31.3 Å². The predicted molar refractivity (Wildman–Crippen MR) is 104 cm³/mol. The van der Waals surface area contributed by atoms with Crippen LogP contribution in [0.5, 0.6) is 0 Å². The van der Waals surface area contributed by atoms with Crippen LogP contribution in [0.2, 0.25) is 0 Å². The van der Waals surface area contributed by atoms with Crippen LogP contribution in [0.25, 0.3) is 22.2 Å². The minimum absolute atomic E-state index is 0.0339. The number of aromatic nitrogens is 3. The summed E-state index contributed by atoms with van der Waals surface area (Å²) < 4.78 is 45.4. The molecule has 4 rings (SSSR count). The maximum Gasteiger partial charge on any atom is 0.411 e. The molecule has 0 N–H and O–H groups in total. The van der Waals surface area contributed by atoms with Gasteiger partial charge in [0.15, 0.2) is 0 Å². The number of benzene rings is 1. The highest BCUT2D eigenvalue weighted by atomic mass is 19.4. The number of aryl methyl sites for hydroxylation is 2. The van der Waals surface area contributed by atoms with E-state index in [1.54, 1.807) is 24.7 Å². The van der Waals surface area contributed by atoms with E-state index in [-0.39, 0.29) is 12.2 Å². The second kappa shape index (κ2) is 7.33. The average Bonchev–Trinajstić information content (AvgIpc) is 3.43. The molecule has 1 saturated carbocycles. The van der Waals surface area contributed by atoms with Gasteiger partial charge in [0.25, 0.3) is 5.56 Å². The Morgan fingerprint density at radius 2 is 1.97 bits per heavy atom. The zero-order valence-electron chi connectivity index (χ0n) is 16.3. The number of nitrogens with zero attached hydrogens (tertiary/aromatic N) is 3. The molecule has 154 valence electrons. The number of hydrogen-bond donors (Lipinski definition) is 0. The Balaban J connectivity index is 1.69. The van der Waals surface area contributed by atoms with Crippen molar-refractivity contribution in [3.05, 3.63) is 52.2 Å². The van der Waals surface area contributed by atoms with Crippen molar-refractivity contribution in [3.8, 4) is 11.1 Å². The van der Waals surface area contributed by atoms with Gasteiger partial charge in [0.1, 0.15) is 12.4 Å². The number of imidazole rings is 1. The molecular formula is C21H22F3N3O2. The van der Waals surface area contributed by atoms with E-state index in [0.717, 1.165) is 40.8 Å². The fraction of sp³-hybridized carbons (Fsp3) is 0.429. The molecule has 0 radical (unpaired) electrons. The second-order valence-corrected chi connectivity index (χ2v) is 7.60. The second-order valence-electron chi connectivity index (χ2n) is 7.60. The van der Waals surface area contributed by atoms with Crippen LogP contribution in [0.3, 0.4) is 0 Å². The highest BCUT2D eigenvalue weighted by Gasteiger charge is 2.30. The quantitative estimate of drug-likeness (QED) is 0.579. The van der Waals surface area contributed by atoms with E-state index in [4.69, 9.17) is 9.72 Å². The van der Waals surface area contributed by atoms with Gasteiger partial charge in [-0.3, -0.25) is 4.79 Å². The molecule has 0 aliphatic heterocycles. The van der Waals surface area contributed by atoms with Crippen LogP contribution < -0.4 is 5.56 Å². The standard InChI is InChI=1S/C21H22F3N3O2/c1-13-9-16(11-26(2)20(13)28)15-5-6-17-18(10-15)27(19(25-17)14-3-4-14)7-8-29-12-21(22,23)24/h5-6,9-11,14H,3-4,7-8,12H2,1-2H3. The number of rotatable bonds is 6. The van der Waals surface area contributed by atoms with Crippen molar-refractivity contribution in [2.75, 3.05) is 13.2 Å². The molecule has 5 nitrogen and oxygen atoms in total. The molecule has 1 aromatic carbocycles. The number of halogens is 3. The lowest BCUT2D eigenvalue weighted by molar-refractivity contribution is -0.174. The van der Waals surface area contributed by atoms with E-state index >= 15 is 0 Å². The van der Waals surface area contributed by atoms with E-state index in [2.05, 4.69) is 0 Å². The van der Waals surface area contributed by atoms with Crippen LogP contribution >= 0.6 is 0 Å². The lowest BCUT2D eigenvalue weighted by Gasteiger charge is -2.12. The summed E-state index contributed by atoms with van der Waals surface area (Å²) >= 11 is 0. The third-order valence-electron chi connectivity index (χ3n) is 5.14. The van der Waals surface area contributed by atoms with Crippen molar-refractivity contribution in [1.82, 2.24) is 14.1 Å². The molecule has 29 heavy (non-hydrogen) atoms. The third-order valence-corrected chi connectivity index (χ3v) is 5.14. The summed E-state index contributed by atoms with van der Waals surface area (Å²) in [5, 5.41) is 0. The molecule has 1 aliphatic carbocycles. The van der Waals surface area contributed by atoms with Gasteiger partial charge in [-0.1, -0.05) is 6.07 Å². The van der Waals surface area contributed by atoms with Crippen LogP contribution in [-0.2, 0) is 18.3 Å². The Labute approximate surface area is 165 Å². The molecule has 1 fully saturated rings. The number of alkyl halides is 3. The highest BCUT2D eigenvalue weighted by Crippen LogP contribution is 2.41. The lowest BCUT2D eigenvalue weighted by atomic mass is 10.1. The molecule has 0 atom stereocenters. The first-order chi connectivity index (χ1) is 13.7. The van der Waals surface area contributed by atoms with Crippen molar-refractivity contribution in [1.29, 1.82) is 0 Å². The molecule has 3 aromatic rings. The number of pyridine rings is 1. The molecule has 0 spiro atoms. The van der Waals surface area contributed by atoms with Crippen LogP contribution in [0.1, 0.15) is 30.1 Å². The van der Waals surface area contributed by atoms with Crippen LogP contribution in [-0.4, -0.2) is 33.5 Å². The average molecular weight is 405 g/mol. The summed E-state index contributed by atoms with van der Waals surface area (Å²) in [5.74, 6) is 1.26.